The molecule has 1 aliphatic rings. The third-order valence-electron chi connectivity index (χ3n) is 5.18. The second-order valence-corrected chi connectivity index (χ2v) is 6.85. The predicted molar refractivity (Wildman–Crippen MR) is 127 cm³/mol. The second kappa shape index (κ2) is 9.30. The normalized spacial score (nSPS) is 13.2. The number of carbonyl (C=O) groups excluding carboxylic acids is 1. The van der Waals surface area contributed by atoms with Gasteiger partial charge in [0.05, 0.1) is 13.1 Å². The van der Waals surface area contributed by atoms with Crippen molar-refractivity contribution in [3.05, 3.63) is 65.4 Å². The molecule has 2 N–H and O–H groups in total. The zero-order valence-corrected chi connectivity index (χ0v) is 18.9. The van der Waals surface area contributed by atoms with Crippen molar-refractivity contribution in [2.45, 2.75) is 19.9 Å². The van der Waals surface area contributed by atoms with E-state index in [2.05, 4.69) is 27.8 Å². The molecule has 29 heavy (non-hydrogen) atoms. The van der Waals surface area contributed by atoms with Crippen LogP contribution in [0.4, 0.5) is 5.69 Å². The van der Waals surface area contributed by atoms with Gasteiger partial charge >= 0.3 is 0 Å². The van der Waals surface area contributed by atoms with Crippen LogP contribution in [0, 0.1) is 6.92 Å². The lowest BCUT2D eigenvalue weighted by atomic mass is 10.1. The fraction of sp³-hybridized carbons (Fsp3) is 0.273. The van der Waals surface area contributed by atoms with Crippen molar-refractivity contribution in [3.8, 4) is 0 Å². The summed E-state index contributed by atoms with van der Waals surface area (Å²) in [6.07, 6.45) is 0.903. The van der Waals surface area contributed by atoms with Crippen LogP contribution in [-0.4, -0.2) is 32.0 Å². The lowest BCUT2D eigenvalue weighted by Crippen LogP contribution is -2.44. The van der Waals surface area contributed by atoms with E-state index in [1.807, 2.05) is 48.2 Å². The van der Waals surface area contributed by atoms with E-state index in [1.165, 1.54) is 5.56 Å². The molecule has 1 amide bonds. The Morgan fingerprint density at radius 3 is 2.69 bits per heavy atom. The van der Waals surface area contributed by atoms with Crippen molar-refractivity contribution in [1.29, 1.82) is 0 Å². The second-order valence-electron chi connectivity index (χ2n) is 6.85. The topological polar surface area (TPSA) is 69.9 Å². The molecular weight excluding hydrogens is 479 g/mol. The number of rotatable bonds is 4. The Kier molecular flexibility index (Phi) is 6.79. The number of guanidine groups is 1. The van der Waals surface area contributed by atoms with E-state index in [0.717, 1.165) is 40.9 Å². The van der Waals surface area contributed by atoms with Crippen LogP contribution < -0.4 is 15.5 Å². The average molecular weight is 504 g/mol. The Morgan fingerprint density at radius 2 is 1.90 bits per heavy atom. The number of anilines is 1. The molecule has 1 aliphatic heterocycles. The SMILES string of the molecule is CN=C(NCC(=O)N1CCc2ccccc21)NCc1oc2ccccc2c1C.I. The monoisotopic (exact) mass is 504 g/mol. The number of hydrogen-bond donors (Lipinski definition) is 2. The summed E-state index contributed by atoms with van der Waals surface area (Å²) in [6, 6.07) is 16.0. The number of nitrogens with one attached hydrogen (secondary N) is 2. The molecule has 0 bridgehead atoms. The zero-order valence-electron chi connectivity index (χ0n) is 16.6. The number of nitrogens with zero attached hydrogens (tertiary/aromatic N) is 2. The summed E-state index contributed by atoms with van der Waals surface area (Å²) in [6.45, 7) is 3.46. The van der Waals surface area contributed by atoms with Gasteiger partial charge in [0.1, 0.15) is 11.3 Å². The van der Waals surface area contributed by atoms with Crippen molar-refractivity contribution in [2.75, 3.05) is 25.0 Å². The first-order valence-electron chi connectivity index (χ1n) is 9.47. The number of fused-ring (bicyclic) bond motifs is 2. The summed E-state index contributed by atoms with van der Waals surface area (Å²) in [5.74, 6) is 1.47. The number of halogens is 1. The van der Waals surface area contributed by atoms with Crippen molar-refractivity contribution in [3.63, 3.8) is 0 Å². The lowest BCUT2D eigenvalue weighted by molar-refractivity contribution is -0.117. The first-order valence-corrected chi connectivity index (χ1v) is 9.47. The maximum Gasteiger partial charge on any atom is 0.246 e. The molecule has 0 radical (unpaired) electrons. The lowest BCUT2D eigenvalue weighted by Gasteiger charge is -2.18. The van der Waals surface area contributed by atoms with Gasteiger partial charge in [-0.25, -0.2) is 0 Å². The highest BCUT2D eigenvalue weighted by atomic mass is 127. The van der Waals surface area contributed by atoms with E-state index in [1.54, 1.807) is 7.05 Å². The Hall–Kier alpha value is -2.55. The average Bonchev–Trinajstić information content (AvgIpc) is 3.30. The minimum Gasteiger partial charge on any atom is -0.459 e. The van der Waals surface area contributed by atoms with E-state index in [4.69, 9.17) is 4.42 Å². The first-order chi connectivity index (χ1) is 13.7. The van der Waals surface area contributed by atoms with Gasteiger partial charge in [-0.1, -0.05) is 36.4 Å². The van der Waals surface area contributed by atoms with E-state index in [9.17, 15) is 4.79 Å². The standard InChI is InChI=1S/C22H24N4O2.HI/c1-15-17-8-4-6-10-19(17)28-20(15)13-24-22(23-2)25-14-21(27)26-12-11-16-7-3-5-9-18(16)26;/h3-10H,11-14H2,1-2H3,(H2,23,24,25);1H. The zero-order chi connectivity index (χ0) is 19.5. The summed E-state index contributed by atoms with van der Waals surface area (Å²) in [5, 5.41) is 7.45. The molecule has 2 heterocycles. The largest absolute Gasteiger partial charge is 0.459 e. The summed E-state index contributed by atoms with van der Waals surface area (Å²) >= 11 is 0. The van der Waals surface area contributed by atoms with E-state index < -0.39 is 0 Å². The maximum atomic E-state index is 12.6. The fourth-order valence-corrected chi connectivity index (χ4v) is 3.63. The van der Waals surface area contributed by atoms with Crippen LogP contribution in [0.1, 0.15) is 16.9 Å². The van der Waals surface area contributed by atoms with E-state index in [-0.39, 0.29) is 36.4 Å². The maximum absolute atomic E-state index is 12.6. The molecule has 152 valence electrons. The summed E-state index contributed by atoms with van der Waals surface area (Å²) in [4.78, 5) is 18.7. The van der Waals surface area contributed by atoms with Gasteiger partial charge in [0, 0.05) is 30.2 Å². The minimum atomic E-state index is 0. The summed E-state index contributed by atoms with van der Waals surface area (Å²) in [7, 11) is 1.69. The van der Waals surface area contributed by atoms with Crippen LogP contribution in [0.3, 0.4) is 0 Å². The molecule has 3 aromatic rings. The molecule has 0 fully saturated rings. The first kappa shape index (κ1) is 21.2. The van der Waals surface area contributed by atoms with Crippen molar-refractivity contribution < 1.29 is 9.21 Å². The highest BCUT2D eigenvalue weighted by molar-refractivity contribution is 14.0. The number of aryl methyl sites for hydroxylation is 1. The third-order valence-corrected chi connectivity index (χ3v) is 5.18. The molecule has 1 aromatic heterocycles. The number of hydrogen-bond acceptors (Lipinski definition) is 3. The predicted octanol–water partition coefficient (Wildman–Crippen LogP) is 3.61. The molecule has 0 saturated carbocycles. The van der Waals surface area contributed by atoms with Gasteiger partial charge in [-0.2, -0.15) is 0 Å². The van der Waals surface area contributed by atoms with Gasteiger partial charge in [0.25, 0.3) is 0 Å². The van der Waals surface area contributed by atoms with Crippen molar-refractivity contribution in [2.24, 2.45) is 4.99 Å². The van der Waals surface area contributed by atoms with Crippen LogP contribution in [0.25, 0.3) is 11.0 Å². The van der Waals surface area contributed by atoms with Gasteiger partial charge < -0.3 is 20.0 Å². The summed E-state index contributed by atoms with van der Waals surface area (Å²) < 4.78 is 5.92. The summed E-state index contributed by atoms with van der Waals surface area (Å²) in [5.41, 5.74) is 4.22. The van der Waals surface area contributed by atoms with Crippen molar-refractivity contribution in [1.82, 2.24) is 10.6 Å². The van der Waals surface area contributed by atoms with Gasteiger partial charge in [-0.3, -0.25) is 9.79 Å². The van der Waals surface area contributed by atoms with E-state index in [0.29, 0.717) is 12.5 Å². The molecule has 0 atom stereocenters. The molecule has 6 nitrogen and oxygen atoms in total. The van der Waals surface area contributed by atoms with Gasteiger partial charge in [-0.05, 0) is 31.0 Å². The van der Waals surface area contributed by atoms with Crippen molar-refractivity contribution >= 4 is 52.5 Å². The highest BCUT2D eigenvalue weighted by Crippen LogP contribution is 2.27. The smallest absolute Gasteiger partial charge is 0.246 e. The van der Waals surface area contributed by atoms with E-state index >= 15 is 0 Å². The van der Waals surface area contributed by atoms with Crippen LogP contribution in [0.15, 0.2) is 57.9 Å². The number of amides is 1. The number of benzene rings is 2. The van der Waals surface area contributed by atoms with Crippen LogP contribution in [-0.2, 0) is 17.8 Å². The number of para-hydroxylation sites is 2. The number of aliphatic imine (C=N–C) groups is 1. The minimum absolute atomic E-state index is 0. The number of carbonyl (C=O) groups is 1. The van der Waals surface area contributed by atoms with Gasteiger partial charge in [-0.15, -0.1) is 24.0 Å². The highest BCUT2D eigenvalue weighted by Gasteiger charge is 2.23. The quantitative estimate of drug-likeness (QED) is 0.324. The number of furan rings is 1. The molecule has 0 unspecified atom stereocenters. The fourth-order valence-electron chi connectivity index (χ4n) is 3.63. The molecule has 4 rings (SSSR count). The Balaban J connectivity index is 0.00000240. The van der Waals surface area contributed by atoms with Crippen LogP contribution in [0.2, 0.25) is 0 Å². The molecule has 7 heteroatoms. The van der Waals surface area contributed by atoms with Gasteiger partial charge in [0.15, 0.2) is 5.96 Å². The van der Waals surface area contributed by atoms with Crippen LogP contribution in [0.5, 0.6) is 0 Å². The molecule has 0 aliphatic carbocycles. The van der Waals surface area contributed by atoms with Gasteiger partial charge in [0.2, 0.25) is 5.91 Å². The molecule has 0 saturated heterocycles. The Bertz CT molecular complexity index is 1040. The Morgan fingerprint density at radius 1 is 1.14 bits per heavy atom. The third kappa shape index (κ3) is 4.39. The molecule has 0 spiro atoms. The molecule has 2 aromatic carbocycles. The van der Waals surface area contributed by atoms with Crippen LogP contribution >= 0.6 is 24.0 Å². The molecular formula is C22H25IN4O2. The Labute approximate surface area is 187 Å².